The molecule has 0 aliphatic carbocycles. The van der Waals surface area contributed by atoms with Gasteiger partial charge in [0.1, 0.15) is 12.4 Å². The van der Waals surface area contributed by atoms with E-state index in [1.54, 1.807) is 12.3 Å². The predicted molar refractivity (Wildman–Crippen MR) is 53.9 cm³/mol. The van der Waals surface area contributed by atoms with Crippen molar-refractivity contribution in [3.05, 3.63) is 17.8 Å². The number of methoxy groups -OCH3 is 1. The number of carbonyl (C=O) groups excluding carboxylic acids is 1. The van der Waals surface area contributed by atoms with Crippen molar-refractivity contribution >= 4 is 17.5 Å². The molecule has 0 unspecified atom stereocenters. The number of hydrogen-bond donors (Lipinski definition) is 2. The van der Waals surface area contributed by atoms with Crippen LogP contribution in [0.4, 0.5) is 11.5 Å². The molecule has 5 heteroatoms. The highest BCUT2D eigenvalue weighted by atomic mass is 16.5. The molecule has 3 N–H and O–H groups in total. The lowest BCUT2D eigenvalue weighted by molar-refractivity contribution is -0.138. The van der Waals surface area contributed by atoms with Gasteiger partial charge >= 0.3 is 5.97 Å². The van der Waals surface area contributed by atoms with Crippen molar-refractivity contribution in [1.29, 1.82) is 0 Å². The summed E-state index contributed by atoms with van der Waals surface area (Å²) >= 11 is 0. The van der Waals surface area contributed by atoms with Gasteiger partial charge in [0.2, 0.25) is 0 Å². The Hall–Kier alpha value is -1.78. The maximum atomic E-state index is 10.8. The average molecular weight is 195 g/mol. The van der Waals surface area contributed by atoms with Crippen LogP contribution < -0.4 is 11.1 Å². The molecule has 0 aliphatic rings. The molecule has 76 valence electrons. The van der Waals surface area contributed by atoms with E-state index in [0.29, 0.717) is 11.5 Å². The Morgan fingerprint density at radius 3 is 3.00 bits per heavy atom. The van der Waals surface area contributed by atoms with Crippen molar-refractivity contribution in [2.45, 2.75) is 6.92 Å². The van der Waals surface area contributed by atoms with Crippen molar-refractivity contribution in [1.82, 2.24) is 4.98 Å². The van der Waals surface area contributed by atoms with Crippen LogP contribution in [0.25, 0.3) is 0 Å². The van der Waals surface area contributed by atoms with Crippen molar-refractivity contribution in [3.8, 4) is 0 Å². The zero-order valence-electron chi connectivity index (χ0n) is 8.20. The van der Waals surface area contributed by atoms with E-state index in [1.807, 2.05) is 6.92 Å². The third kappa shape index (κ3) is 2.62. The van der Waals surface area contributed by atoms with Gasteiger partial charge in [-0.25, -0.2) is 4.98 Å². The maximum Gasteiger partial charge on any atom is 0.325 e. The van der Waals surface area contributed by atoms with Gasteiger partial charge < -0.3 is 15.8 Å². The Labute approximate surface area is 82.3 Å². The number of esters is 1. The van der Waals surface area contributed by atoms with Gasteiger partial charge in [-0.05, 0) is 18.6 Å². The molecule has 0 fully saturated rings. The largest absolute Gasteiger partial charge is 0.468 e. The molecule has 1 heterocycles. The van der Waals surface area contributed by atoms with E-state index in [-0.39, 0.29) is 12.5 Å². The number of rotatable bonds is 3. The first-order chi connectivity index (χ1) is 6.63. The molecule has 5 nitrogen and oxygen atoms in total. The van der Waals surface area contributed by atoms with Gasteiger partial charge in [-0.15, -0.1) is 0 Å². The number of carbonyl (C=O) groups is 1. The molecule has 0 bridgehead atoms. The second-order valence-electron chi connectivity index (χ2n) is 2.86. The summed E-state index contributed by atoms with van der Waals surface area (Å²) in [4.78, 5) is 14.8. The number of aromatic nitrogens is 1. The Balaban J connectivity index is 2.60. The highest BCUT2D eigenvalue weighted by Crippen LogP contribution is 2.12. The third-order valence-electron chi connectivity index (χ3n) is 1.79. The predicted octanol–water partition coefficient (Wildman–Crippen LogP) is 0.557. The number of anilines is 2. The molecule has 0 saturated carbocycles. The topological polar surface area (TPSA) is 77.2 Å². The molecule has 1 aromatic heterocycles. The van der Waals surface area contributed by atoms with Gasteiger partial charge in [-0.3, -0.25) is 4.79 Å². The summed E-state index contributed by atoms with van der Waals surface area (Å²) < 4.78 is 4.47. The maximum absolute atomic E-state index is 10.8. The number of nitrogens with zero attached hydrogens (tertiary/aromatic N) is 1. The van der Waals surface area contributed by atoms with Gasteiger partial charge in [-0.2, -0.15) is 0 Å². The summed E-state index contributed by atoms with van der Waals surface area (Å²) in [7, 11) is 1.34. The number of nitrogens with one attached hydrogen (secondary N) is 1. The highest BCUT2D eigenvalue weighted by molar-refractivity contribution is 5.74. The van der Waals surface area contributed by atoms with E-state index in [9.17, 15) is 4.79 Å². The van der Waals surface area contributed by atoms with Crippen LogP contribution in [-0.4, -0.2) is 24.6 Å². The molecule has 0 saturated heterocycles. The van der Waals surface area contributed by atoms with Gasteiger partial charge in [0.15, 0.2) is 0 Å². The fourth-order valence-corrected chi connectivity index (χ4v) is 0.898. The van der Waals surface area contributed by atoms with Crippen LogP contribution in [0.1, 0.15) is 5.56 Å². The van der Waals surface area contributed by atoms with Crippen molar-refractivity contribution < 1.29 is 9.53 Å². The number of aryl methyl sites for hydroxylation is 1. The van der Waals surface area contributed by atoms with Crippen molar-refractivity contribution in [3.63, 3.8) is 0 Å². The summed E-state index contributed by atoms with van der Waals surface area (Å²) in [6.45, 7) is 1.98. The number of hydrogen-bond acceptors (Lipinski definition) is 5. The average Bonchev–Trinajstić information content (AvgIpc) is 2.19. The third-order valence-corrected chi connectivity index (χ3v) is 1.79. The monoisotopic (exact) mass is 195 g/mol. The lowest BCUT2D eigenvalue weighted by Crippen LogP contribution is -2.15. The van der Waals surface area contributed by atoms with E-state index >= 15 is 0 Å². The molecule has 0 radical (unpaired) electrons. The second-order valence-corrected chi connectivity index (χ2v) is 2.86. The standard InChI is InChI=1S/C9H13N3O2/c1-6-3-8(11-4-7(6)10)12-5-9(13)14-2/h3-4H,5,10H2,1-2H3,(H,11,12). The molecule has 0 spiro atoms. The normalized spacial score (nSPS) is 9.57. The Bertz CT molecular complexity index is 339. The minimum absolute atomic E-state index is 0.104. The molecule has 1 rings (SSSR count). The number of pyridine rings is 1. The van der Waals surface area contributed by atoms with Crippen molar-refractivity contribution in [2.24, 2.45) is 0 Å². The van der Waals surface area contributed by atoms with E-state index in [1.165, 1.54) is 7.11 Å². The Morgan fingerprint density at radius 1 is 1.71 bits per heavy atom. The molecule has 0 aromatic carbocycles. The summed E-state index contributed by atoms with van der Waals surface area (Å²) in [5.41, 5.74) is 7.15. The first-order valence-corrected chi connectivity index (χ1v) is 4.16. The quantitative estimate of drug-likeness (QED) is 0.689. The summed E-state index contributed by atoms with van der Waals surface area (Å²) in [6.07, 6.45) is 1.55. The molecular formula is C9H13N3O2. The highest BCUT2D eigenvalue weighted by Gasteiger charge is 2.01. The molecule has 0 amide bonds. The van der Waals surface area contributed by atoms with Crippen LogP contribution in [0.3, 0.4) is 0 Å². The SMILES string of the molecule is COC(=O)CNc1cc(C)c(N)cn1. The molecule has 1 aromatic rings. The van der Waals surface area contributed by atoms with E-state index < -0.39 is 0 Å². The van der Waals surface area contributed by atoms with Gasteiger partial charge in [-0.1, -0.05) is 0 Å². The minimum Gasteiger partial charge on any atom is -0.468 e. The van der Waals surface area contributed by atoms with E-state index in [0.717, 1.165) is 5.56 Å². The number of nitrogens with two attached hydrogens (primary N) is 1. The van der Waals surface area contributed by atoms with Crippen LogP contribution in [0, 0.1) is 6.92 Å². The second kappa shape index (κ2) is 4.45. The number of ether oxygens (including phenoxy) is 1. The zero-order chi connectivity index (χ0) is 10.6. The van der Waals surface area contributed by atoms with E-state index in [4.69, 9.17) is 5.73 Å². The van der Waals surface area contributed by atoms with E-state index in [2.05, 4.69) is 15.0 Å². The Kier molecular flexibility index (Phi) is 3.28. The minimum atomic E-state index is -0.332. The first kappa shape index (κ1) is 10.3. The summed E-state index contributed by atoms with van der Waals surface area (Å²) in [6, 6.07) is 1.78. The Morgan fingerprint density at radius 2 is 2.43 bits per heavy atom. The smallest absolute Gasteiger partial charge is 0.325 e. The van der Waals surface area contributed by atoms with Crippen LogP contribution in [0.15, 0.2) is 12.3 Å². The van der Waals surface area contributed by atoms with Crippen LogP contribution in [0.5, 0.6) is 0 Å². The summed E-state index contributed by atoms with van der Waals surface area (Å²) in [5, 5.41) is 2.82. The zero-order valence-corrected chi connectivity index (χ0v) is 8.20. The van der Waals surface area contributed by atoms with Crippen LogP contribution in [-0.2, 0) is 9.53 Å². The lowest BCUT2D eigenvalue weighted by atomic mass is 10.2. The molecule has 0 atom stereocenters. The summed E-state index contributed by atoms with van der Waals surface area (Å²) in [5.74, 6) is 0.281. The lowest BCUT2D eigenvalue weighted by Gasteiger charge is -2.05. The molecule has 14 heavy (non-hydrogen) atoms. The van der Waals surface area contributed by atoms with Crippen LogP contribution >= 0.6 is 0 Å². The first-order valence-electron chi connectivity index (χ1n) is 4.16. The number of nitrogen functional groups attached to an aromatic ring is 1. The fraction of sp³-hybridized carbons (Fsp3) is 0.333. The fourth-order valence-electron chi connectivity index (χ4n) is 0.898. The molecular weight excluding hydrogens is 182 g/mol. The van der Waals surface area contributed by atoms with Gasteiger partial charge in [0.05, 0.1) is 19.0 Å². The van der Waals surface area contributed by atoms with Crippen molar-refractivity contribution in [2.75, 3.05) is 24.7 Å². The van der Waals surface area contributed by atoms with Gasteiger partial charge in [0, 0.05) is 0 Å². The van der Waals surface area contributed by atoms with Gasteiger partial charge in [0.25, 0.3) is 0 Å². The van der Waals surface area contributed by atoms with Crippen LogP contribution in [0.2, 0.25) is 0 Å². The molecule has 0 aliphatic heterocycles.